The van der Waals surface area contributed by atoms with E-state index in [0.29, 0.717) is 0 Å². The highest BCUT2D eigenvalue weighted by Crippen LogP contribution is 2.50. The molecule has 0 saturated carbocycles. The molecule has 14 rings (SSSR count). The molecule has 0 aliphatic carbocycles. The Kier molecular flexibility index (Phi) is 25.5. The number of primary amides is 1. The molecule has 9 unspecified atom stereocenters. The maximum atomic E-state index is 16.5. The highest BCUT2D eigenvalue weighted by Gasteiger charge is 2.53. The van der Waals surface area contributed by atoms with Crippen LogP contribution >= 0.6 is 11.6 Å². The average molecular weight is 1630 g/mol. The smallest absolute Gasteiger partial charge is 0.249 e. The van der Waals surface area contributed by atoms with E-state index in [1.54, 1.807) is 0 Å². The number of nitrogens with one attached hydrogen (secondary N) is 7. The average Bonchev–Trinajstić information content (AvgIpc) is 0.761. The van der Waals surface area contributed by atoms with Crippen LogP contribution in [0.5, 0.6) is 46.0 Å². The zero-order chi connectivity index (χ0) is 83.1. The third-order valence-electron chi connectivity index (χ3n) is 21.4. The van der Waals surface area contributed by atoms with E-state index in [2.05, 4.69) is 37.2 Å². The van der Waals surface area contributed by atoms with Crippen LogP contribution < -0.4 is 68.6 Å². The number of aliphatic hydroxyl groups is 6. The Hall–Kier alpha value is -9.65. The van der Waals surface area contributed by atoms with Gasteiger partial charge >= 0.3 is 0 Å². The lowest BCUT2D eigenvalue weighted by molar-refractivity contribution is -0.333. The van der Waals surface area contributed by atoms with Gasteiger partial charge in [-0.15, -0.1) is 0 Å². The summed E-state index contributed by atoms with van der Waals surface area (Å²) in [5.41, 5.74) is 14.4. The topological polar surface area (TPSA) is 567 Å². The first kappa shape index (κ1) is 84.7. The number of fused-ring (bicyclic) bond motifs is 15. The van der Waals surface area contributed by atoms with Crippen molar-refractivity contribution in [1.82, 2.24) is 42.1 Å². The van der Waals surface area contributed by atoms with Gasteiger partial charge in [0.05, 0.1) is 61.7 Å². The van der Waals surface area contributed by atoms with Crippen molar-refractivity contribution < 1.29 is 127 Å². The number of amides is 8. The molecule has 37 nitrogen and oxygen atoms in total. The van der Waals surface area contributed by atoms with Crippen LogP contribution in [-0.4, -0.2) is 241 Å². The van der Waals surface area contributed by atoms with Crippen molar-refractivity contribution in [2.75, 3.05) is 40.0 Å². The number of nitrogens with two attached hydrogens (primary N) is 3. The first-order chi connectivity index (χ1) is 54.4. The number of phenolic OH excluding ortho intramolecular Hbond substituents is 3. The predicted molar refractivity (Wildman–Crippen MR) is 400 cm³/mol. The molecule has 22 atom stereocenters. The molecule has 4 fully saturated rings. The van der Waals surface area contributed by atoms with E-state index in [-0.39, 0.29) is 101 Å². The Morgan fingerprint density at radius 3 is 1.90 bits per heavy atom. The van der Waals surface area contributed by atoms with Crippen LogP contribution in [0.3, 0.4) is 0 Å². The first-order valence-electron chi connectivity index (χ1n) is 37.4. The molecular weight excluding hydrogens is 1530 g/mol. The van der Waals surface area contributed by atoms with Crippen molar-refractivity contribution in [3.05, 3.63) is 118 Å². The molecule has 22 N–H and O–H groups in total. The zero-order valence-corrected chi connectivity index (χ0v) is 64.3. The quantitative estimate of drug-likeness (QED) is 0.0626. The van der Waals surface area contributed by atoms with E-state index in [4.69, 9.17) is 71.4 Å². The second-order valence-corrected chi connectivity index (χ2v) is 31.1. The molecule has 8 amide bonds. The van der Waals surface area contributed by atoms with Crippen molar-refractivity contribution >= 4 is 58.9 Å². The summed E-state index contributed by atoms with van der Waals surface area (Å²) in [4.78, 5) is 124. The lowest BCUT2D eigenvalue weighted by atomic mass is 9.86. The number of morpholine rings is 1. The zero-order valence-electron chi connectivity index (χ0n) is 63.6. The Labute approximate surface area is 663 Å². The summed E-state index contributed by atoms with van der Waals surface area (Å²) < 4.78 is 57.8. The molecule has 5 aromatic carbocycles. The van der Waals surface area contributed by atoms with Gasteiger partial charge in [0.15, 0.2) is 30.2 Å². The molecule has 38 heteroatoms. The number of aliphatic hydroxyl groups excluding tert-OH is 6. The summed E-state index contributed by atoms with van der Waals surface area (Å²) in [5, 5.41) is 123. The van der Waals surface area contributed by atoms with Crippen LogP contribution in [0.15, 0.2) is 84.9 Å². The maximum absolute atomic E-state index is 16.5. The molecule has 5 aromatic rings. The summed E-state index contributed by atoms with van der Waals surface area (Å²) in [6.07, 6.45) is -22.2. The molecule has 115 heavy (non-hydrogen) atoms. The number of aromatic hydroxyl groups is 3. The molecular formula is C77H96ClN11O26. The fourth-order valence-corrected chi connectivity index (χ4v) is 15.4. The highest BCUT2D eigenvalue weighted by molar-refractivity contribution is 6.32. The van der Waals surface area contributed by atoms with Gasteiger partial charge < -0.3 is 148 Å². The minimum absolute atomic E-state index is 0.0128. The van der Waals surface area contributed by atoms with E-state index in [0.717, 1.165) is 48.5 Å². The molecule has 0 aromatic heterocycles. The number of ether oxygens (including phenoxy) is 9. The molecule has 9 aliphatic rings. The van der Waals surface area contributed by atoms with E-state index < -0.39 is 234 Å². The fraction of sp³-hybridized carbons (Fsp3) is 0.506. The molecule has 622 valence electrons. The number of hydrogen-bond acceptors (Lipinski definition) is 29. The van der Waals surface area contributed by atoms with Crippen molar-refractivity contribution in [2.24, 2.45) is 23.1 Å². The Bertz CT molecular complexity index is 4500. The number of phenols is 3. The number of hydrogen-bond donors (Lipinski definition) is 19. The second-order valence-electron chi connectivity index (χ2n) is 30.7. The van der Waals surface area contributed by atoms with Gasteiger partial charge in [-0.05, 0) is 129 Å². The lowest BCUT2D eigenvalue weighted by Gasteiger charge is -2.47. The number of rotatable bonds is 15. The Morgan fingerprint density at radius 1 is 0.678 bits per heavy atom. The van der Waals surface area contributed by atoms with Gasteiger partial charge in [-0.2, -0.15) is 0 Å². The third-order valence-corrected chi connectivity index (χ3v) is 21.7. The van der Waals surface area contributed by atoms with Gasteiger partial charge in [0.1, 0.15) is 95.5 Å². The molecule has 0 spiro atoms. The van der Waals surface area contributed by atoms with Crippen molar-refractivity contribution in [3.63, 3.8) is 0 Å². The van der Waals surface area contributed by atoms with Crippen LogP contribution in [0.4, 0.5) is 0 Å². The summed E-state index contributed by atoms with van der Waals surface area (Å²) in [5.74, 6) is -13.9. The number of nitrogens with zero attached hydrogens (tertiary/aromatic N) is 1. The van der Waals surface area contributed by atoms with E-state index in [9.17, 15) is 55.5 Å². The van der Waals surface area contributed by atoms with E-state index in [1.165, 1.54) is 76.0 Å². The second kappa shape index (κ2) is 34.7. The van der Waals surface area contributed by atoms with E-state index in [1.807, 2.05) is 13.8 Å². The first-order valence-corrected chi connectivity index (χ1v) is 37.8. The minimum atomic E-state index is -2.33. The lowest BCUT2D eigenvalue weighted by Crippen LogP contribution is -2.64. The van der Waals surface area contributed by atoms with Crippen LogP contribution in [0, 0.1) is 5.92 Å². The van der Waals surface area contributed by atoms with Gasteiger partial charge in [0, 0.05) is 54.2 Å². The largest absolute Gasteiger partial charge is 0.508 e. The van der Waals surface area contributed by atoms with Gasteiger partial charge in [-0.3, -0.25) is 38.4 Å². The molecule has 0 radical (unpaired) electrons. The number of halogens is 1. The van der Waals surface area contributed by atoms with Crippen LogP contribution in [-0.2, 0) is 66.8 Å². The van der Waals surface area contributed by atoms with Crippen molar-refractivity contribution in [1.29, 1.82) is 0 Å². The summed E-state index contributed by atoms with van der Waals surface area (Å²) in [7, 11) is 1.49. The number of carbonyl (C=O) groups excluding carboxylic acids is 8. The summed E-state index contributed by atoms with van der Waals surface area (Å²) in [6.45, 7) is 8.80. The Morgan fingerprint density at radius 2 is 1.29 bits per heavy atom. The maximum Gasteiger partial charge on any atom is 0.249 e. The third kappa shape index (κ3) is 18.3. The van der Waals surface area contributed by atoms with Crippen molar-refractivity contribution in [2.45, 2.75) is 201 Å². The van der Waals surface area contributed by atoms with Gasteiger partial charge in [-0.25, -0.2) is 0 Å². The number of likely N-dealkylation sites (N-methyl/N-ethyl adjacent to an activating group) is 1. The monoisotopic (exact) mass is 1630 g/mol. The molecule has 9 heterocycles. The molecule has 11 bridgehead atoms. The van der Waals surface area contributed by atoms with Crippen LogP contribution in [0.25, 0.3) is 11.1 Å². The minimum Gasteiger partial charge on any atom is -0.508 e. The molecule has 9 aliphatic heterocycles. The van der Waals surface area contributed by atoms with Crippen LogP contribution in [0.2, 0.25) is 5.02 Å². The SMILES string of the molecule is CNC(CC(C)C)C(=O)NC1C(=O)NC(CC(N)=O)C(=O)NC2C(=O)NC3C(=O)NC(C(=O)NC(C(=O)N4CCOCC4)c4cc(O)cc(O)c4-c4cc3ccc4O)C(O[C@@H]3C[C@@](C)(N)[C@H](O)[C@@H](C)O3)c3ccc(cc3)Oc3cc2cc(c3O[C@H]2O[C@@H](CO)[C@H](O)[C@@H](O)[C@@H]2O[C@@H]2C[C@@](C)(N)[C@H](O)[C@@H](C)O2)Oc2ccc(cc2Cl)C1O. The van der Waals surface area contributed by atoms with Gasteiger partial charge in [0.2, 0.25) is 59.3 Å². The van der Waals surface area contributed by atoms with Crippen LogP contribution in [0.1, 0.15) is 125 Å². The Balaban J connectivity index is 1.11. The van der Waals surface area contributed by atoms with Crippen molar-refractivity contribution in [3.8, 4) is 57.1 Å². The van der Waals surface area contributed by atoms with E-state index >= 15 is 28.8 Å². The summed E-state index contributed by atoms with van der Waals surface area (Å²) >= 11 is 7.17. The van der Waals surface area contributed by atoms with Gasteiger partial charge in [-0.1, -0.05) is 49.7 Å². The molecule has 4 saturated heterocycles. The fourth-order valence-electron chi connectivity index (χ4n) is 15.2. The highest BCUT2D eigenvalue weighted by atomic mass is 35.5. The number of carbonyl (C=O) groups is 8. The normalized spacial score (nSPS) is 32.2. The predicted octanol–water partition coefficient (Wildman–Crippen LogP) is -0.536. The van der Waals surface area contributed by atoms with Gasteiger partial charge in [0.25, 0.3) is 0 Å². The standard InChI is InChI=1S/C77H96ClN11O26/c1-31(2)20-43(82-7)68(100)87-58-60(95)36-11-15-47(42(78)22-36)111-49-24-37-23-48(64(49)115-75-65(62(97)61(96)50(30-90)112-75)114-53-29-77(6,81)67(99)33(4)109-53)110-39-12-8-34(9-13-39)63(113-52-28-76(5,80)66(98)32(3)108-52)59-73(105)86-57(74(106)89-16-18-107-19-17-89)41-25-38(91)26-46(93)54(41)40-21-35(10-14-45(40)92)55(70(102)88-59)85-71(103)56(37)84-69(101)44(27-51(79)94)83-72(58)104/h8-15,21-26,31-33,43-44,50,52-53,55-63,65-67,75,82,90-93,95-99H,16-20,27-30,80-81H2,1-7H3,(H2,79,94)(H,83,104)(H,84,101)(H,85,103)(H,86,105)(H,87,100)(H,88,102)/t32-,33-,43?,44?,50+,52-,53-,55?,56?,57?,58?,59?,60?,61+,62-,63?,65+,66-,67-,75-,76-,77-/m1/s1. The number of benzene rings is 5. The summed E-state index contributed by atoms with van der Waals surface area (Å²) in [6, 6.07) is 2.80.